The quantitative estimate of drug-likeness (QED) is 0.681. The van der Waals surface area contributed by atoms with Gasteiger partial charge in [-0.2, -0.15) is 13.2 Å². The minimum Gasteiger partial charge on any atom is -0.482 e. The molecule has 2 heterocycles. The number of likely N-dealkylation sites (tertiary alicyclic amines) is 1. The number of halogens is 3. The Hall–Kier alpha value is -1.69. The van der Waals surface area contributed by atoms with Crippen molar-refractivity contribution in [2.24, 2.45) is 5.92 Å². The van der Waals surface area contributed by atoms with Crippen molar-refractivity contribution < 1.29 is 17.9 Å². The smallest absolute Gasteiger partial charge is 0.416 e. The molecule has 0 spiro atoms. The van der Waals surface area contributed by atoms with Crippen LogP contribution < -0.4 is 0 Å². The summed E-state index contributed by atoms with van der Waals surface area (Å²) in [5, 5.41) is 0. The fraction of sp³-hybridized carbons (Fsp3) is 0.636. The zero-order chi connectivity index (χ0) is 19.7. The standard InChI is InChI=1S/C22H29F3N2O/c1-16-9-13-26(14-10-16)11-4-12-27-18-5-2-3-6-20(18)28-21-8-7-17(15-19(21)27)22(23,24)25/h5-8,15-16,19,21H,2-4,9-14H2,1H3. The van der Waals surface area contributed by atoms with Gasteiger partial charge in [0.25, 0.3) is 0 Å². The van der Waals surface area contributed by atoms with Crippen molar-refractivity contribution in [2.75, 3.05) is 26.2 Å². The number of allylic oxidation sites excluding steroid dienone is 4. The van der Waals surface area contributed by atoms with Gasteiger partial charge in [-0.1, -0.05) is 19.1 Å². The Morgan fingerprint density at radius 2 is 1.86 bits per heavy atom. The Labute approximate surface area is 165 Å². The predicted molar refractivity (Wildman–Crippen MR) is 104 cm³/mol. The fourth-order valence-electron chi connectivity index (χ4n) is 4.55. The van der Waals surface area contributed by atoms with E-state index in [1.807, 2.05) is 0 Å². The highest BCUT2D eigenvalue weighted by molar-refractivity contribution is 5.39. The lowest BCUT2D eigenvalue weighted by Gasteiger charge is -2.45. The summed E-state index contributed by atoms with van der Waals surface area (Å²) in [5.41, 5.74) is 0.393. The van der Waals surface area contributed by atoms with Crippen LogP contribution in [0.3, 0.4) is 0 Å². The molecule has 0 aromatic rings. The number of ether oxygens (including phenoxy) is 1. The molecule has 2 aliphatic carbocycles. The molecule has 4 rings (SSSR count). The van der Waals surface area contributed by atoms with Crippen LogP contribution in [0.1, 0.15) is 39.0 Å². The molecular formula is C22H29F3N2O. The van der Waals surface area contributed by atoms with Crippen LogP contribution in [0.25, 0.3) is 0 Å². The van der Waals surface area contributed by atoms with Gasteiger partial charge in [0.05, 0.1) is 17.3 Å². The Bertz CT molecular complexity index is 699. The molecule has 6 heteroatoms. The van der Waals surface area contributed by atoms with Gasteiger partial charge >= 0.3 is 6.18 Å². The lowest BCUT2D eigenvalue weighted by molar-refractivity contribution is -0.0900. The predicted octanol–water partition coefficient (Wildman–Crippen LogP) is 4.80. The fourth-order valence-corrected chi connectivity index (χ4v) is 4.55. The largest absolute Gasteiger partial charge is 0.482 e. The van der Waals surface area contributed by atoms with Crippen LogP contribution in [0.2, 0.25) is 0 Å². The van der Waals surface area contributed by atoms with Gasteiger partial charge in [-0.25, -0.2) is 0 Å². The average Bonchev–Trinajstić information content (AvgIpc) is 2.68. The van der Waals surface area contributed by atoms with Gasteiger partial charge in [0.1, 0.15) is 11.9 Å². The summed E-state index contributed by atoms with van der Waals surface area (Å²) in [4.78, 5) is 4.63. The Morgan fingerprint density at radius 1 is 1.11 bits per heavy atom. The van der Waals surface area contributed by atoms with E-state index in [4.69, 9.17) is 4.74 Å². The van der Waals surface area contributed by atoms with E-state index in [-0.39, 0.29) is 6.10 Å². The molecule has 2 aliphatic heterocycles. The van der Waals surface area contributed by atoms with E-state index < -0.39 is 17.8 Å². The Balaban J connectivity index is 1.48. The number of alkyl halides is 3. The first-order valence-electron chi connectivity index (χ1n) is 10.5. The third-order valence-corrected chi connectivity index (χ3v) is 6.25. The number of hydrogen-bond acceptors (Lipinski definition) is 3. The second kappa shape index (κ2) is 7.97. The van der Waals surface area contributed by atoms with Gasteiger partial charge < -0.3 is 14.5 Å². The maximum absolute atomic E-state index is 13.3. The van der Waals surface area contributed by atoms with Gasteiger partial charge in [-0.3, -0.25) is 0 Å². The first-order chi connectivity index (χ1) is 13.4. The molecule has 2 atom stereocenters. The molecule has 28 heavy (non-hydrogen) atoms. The van der Waals surface area contributed by atoms with Crippen LogP contribution in [-0.4, -0.2) is 54.3 Å². The molecule has 0 aromatic carbocycles. The van der Waals surface area contributed by atoms with E-state index in [0.717, 1.165) is 68.9 Å². The maximum Gasteiger partial charge on any atom is 0.416 e. The topological polar surface area (TPSA) is 15.7 Å². The molecule has 154 valence electrons. The average molecular weight is 394 g/mol. The molecule has 2 fully saturated rings. The SMILES string of the molecule is CC1CCN(CCCN2C3=CCCC=C3OC3C=CC(C(F)(F)F)=CC32)CC1. The van der Waals surface area contributed by atoms with Crippen LogP contribution in [0, 0.1) is 5.92 Å². The summed E-state index contributed by atoms with van der Waals surface area (Å²) >= 11 is 0. The molecular weight excluding hydrogens is 365 g/mol. The molecule has 0 bridgehead atoms. The number of hydrogen-bond donors (Lipinski definition) is 0. The Kier molecular flexibility index (Phi) is 5.59. The second-order valence-corrected chi connectivity index (χ2v) is 8.36. The highest BCUT2D eigenvalue weighted by Crippen LogP contribution is 2.39. The van der Waals surface area contributed by atoms with Crippen molar-refractivity contribution in [1.82, 2.24) is 9.80 Å². The molecule has 0 saturated carbocycles. The van der Waals surface area contributed by atoms with Gasteiger partial charge in [0.15, 0.2) is 0 Å². The molecule has 0 amide bonds. The number of piperidine rings is 1. The monoisotopic (exact) mass is 394 g/mol. The molecule has 0 N–H and O–H groups in total. The number of fused-ring (bicyclic) bond motifs is 2. The zero-order valence-corrected chi connectivity index (χ0v) is 16.4. The minimum atomic E-state index is -4.32. The number of nitrogens with zero attached hydrogens (tertiary/aromatic N) is 2. The summed E-state index contributed by atoms with van der Waals surface area (Å²) in [6.45, 7) is 6.31. The van der Waals surface area contributed by atoms with Crippen molar-refractivity contribution in [3.05, 3.63) is 47.4 Å². The van der Waals surface area contributed by atoms with Gasteiger partial charge in [0.2, 0.25) is 0 Å². The lowest BCUT2D eigenvalue weighted by Crippen LogP contribution is -2.50. The zero-order valence-electron chi connectivity index (χ0n) is 16.4. The van der Waals surface area contributed by atoms with Crippen LogP contribution in [-0.2, 0) is 4.74 Å². The van der Waals surface area contributed by atoms with Crippen LogP contribution >= 0.6 is 0 Å². The number of morpholine rings is 1. The normalized spacial score (nSPS) is 28.7. The van der Waals surface area contributed by atoms with Crippen LogP contribution in [0.4, 0.5) is 13.2 Å². The summed E-state index contributed by atoms with van der Waals surface area (Å²) in [5.74, 6) is 1.63. The first-order valence-corrected chi connectivity index (χ1v) is 10.5. The second-order valence-electron chi connectivity index (χ2n) is 8.36. The van der Waals surface area contributed by atoms with Gasteiger partial charge in [-0.15, -0.1) is 0 Å². The highest BCUT2D eigenvalue weighted by atomic mass is 19.4. The minimum absolute atomic E-state index is 0.358. The molecule has 2 saturated heterocycles. The maximum atomic E-state index is 13.3. The van der Waals surface area contributed by atoms with E-state index in [1.54, 1.807) is 6.08 Å². The third kappa shape index (κ3) is 4.17. The Morgan fingerprint density at radius 3 is 2.61 bits per heavy atom. The highest BCUT2D eigenvalue weighted by Gasteiger charge is 2.41. The van der Waals surface area contributed by atoms with Crippen LogP contribution in [0.15, 0.2) is 47.4 Å². The van der Waals surface area contributed by atoms with Gasteiger partial charge in [0, 0.05) is 6.54 Å². The lowest BCUT2D eigenvalue weighted by atomic mass is 9.93. The van der Waals surface area contributed by atoms with E-state index >= 15 is 0 Å². The van der Waals surface area contributed by atoms with E-state index in [2.05, 4.69) is 28.9 Å². The van der Waals surface area contributed by atoms with Crippen molar-refractivity contribution in [1.29, 1.82) is 0 Å². The molecule has 2 unspecified atom stereocenters. The summed E-state index contributed by atoms with van der Waals surface area (Å²) in [7, 11) is 0. The van der Waals surface area contributed by atoms with Crippen LogP contribution in [0.5, 0.6) is 0 Å². The summed E-state index contributed by atoms with van der Waals surface area (Å²) in [6.07, 6.45) is 8.83. The van der Waals surface area contributed by atoms with E-state index in [9.17, 15) is 13.2 Å². The molecule has 0 radical (unpaired) electrons. The first kappa shape index (κ1) is 19.6. The van der Waals surface area contributed by atoms with E-state index in [0.29, 0.717) is 0 Å². The van der Waals surface area contributed by atoms with Crippen molar-refractivity contribution in [3.63, 3.8) is 0 Å². The number of rotatable bonds is 4. The van der Waals surface area contributed by atoms with Gasteiger partial charge in [-0.05, 0) is 75.9 Å². The third-order valence-electron chi connectivity index (χ3n) is 6.25. The molecule has 4 aliphatic rings. The summed E-state index contributed by atoms with van der Waals surface area (Å²) in [6, 6.07) is -0.399. The molecule has 3 nitrogen and oxygen atoms in total. The van der Waals surface area contributed by atoms with Crippen molar-refractivity contribution >= 4 is 0 Å². The molecule has 0 aromatic heterocycles. The van der Waals surface area contributed by atoms with Crippen molar-refractivity contribution in [3.8, 4) is 0 Å². The summed E-state index contributed by atoms with van der Waals surface area (Å²) < 4.78 is 45.9. The van der Waals surface area contributed by atoms with Crippen molar-refractivity contribution in [2.45, 2.75) is 57.3 Å². The van der Waals surface area contributed by atoms with E-state index in [1.165, 1.54) is 18.9 Å².